The first kappa shape index (κ1) is 15.5. The number of amides is 2. The summed E-state index contributed by atoms with van der Waals surface area (Å²) in [7, 11) is 0. The van der Waals surface area contributed by atoms with Gasteiger partial charge in [0.25, 0.3) is 5.91 Å². The van der Waals surface area contributed by atoms with E-state index in [1.54, 1.807) is 12.1 Å². The molecule has 1 heterocycles. The summed E-state index contributed by atoms with van der Waals surface area (Å²) in [5.41, 5.74) is -1.06. The second-order valence-corrected chi connectivity index (χ2v) is 6.07. The lowest BCUT2D eigenvalue weighted by molar-refractivity contribution is -0.151. The largest absolute Gasteiger partial charge is 0.480 e. The molecule has 0 bridgehead atoms. The lowest BCUT2D eigenvalue weighted by atomic mass is 9.76. The summed E-state index contributed by atoms with van der Waals surface area (Å²) in [5, 5.41) is 16.3. The van der Waals surface area contributed by atoms with Crippen LogP contribution in [0.5, 0.6) is 0 Å². The van der Waals surface area contributed by atoms with Crippen LogP contribution in [-0.4, -0.2) is 35.0 Å². The number of carbonyl (C=O) groups excluding carboxylic acids is 2. The van der Waals surface area contributed by atoms with Crippen molar-refractivity contribution in [3.05, 3.63) is 22.4 Å². The predicted molar refractivity (Wildman–Crippen MR) is 78.2 cm³/mol. The van der Waals surface area contributed by atoms with Gasteiger partial charge >= 0.3 is 5.97 Å². The molecule has 0 spiro atoms. The Hall–Kier alpha value is -1.89. The van der Waals surface area contributed by atoms with Gasteiger partial charge in [0, 0.05) is 13.0 Å². The maximum atomic E-state index is 11.7. The Morgan fingerprint density at radius 1 is 1.33 bits per heavy atom. The molecule has 114 valence electrons. The van der Waals surface area contributed by atoms with Gasteiger partial charge in [0.1, 0.15) is 5.54 Å². The minimum Gasteiger partial charge on any atom is -0.480 e. The fourth-order valence-electron chi connectivity index (χ4n) is 2.20. The van der Waals surface area contributed by atoms with E-state index in [1.165, 1.54) is 11.3 Å². The molecule has 1 saturated carbocycles. The summed E-state index contributed by atoms with van der Waals surface area (Å²) >= 11 is 1.36. The molecular weight excluding hydrogens is 292 g/mol. The molecule has 0 radical (unpaired) electrons. The molecule has 0 aromatic carbocycles. The zero-order valence-electron chi connectivity index (χ0n) is 11.6. The number of rotatable bonds is 7. The Balaban J connectivity index is 1.66. The average Bonchev–Trinajstić information content (AvgIpc) is 2.92. The van der Waals surface area contributed by atoms with E-state index in [0.717, 1.165) is 6.42 Å². The Morgan fingerprint density at radius 3 is 2.62 bits per heavy atom. The normalized spacial score (nSPS) is 15.8. The van der Waals surface area contributed by atoms with E-state index in [-0.39, 0.29) is 18.2 Å². The Morgan fingerprint density at radius 2 is 2.10 bits per heavy atom. The first-order chi connectivity index (χ1) is 10.0. The Labute approximate surface area is 126 Å². The summed E-state index contributed by atoms with van der Waals surface area (Å²) in [6.45, 7) is 0.393. The smallest absolute Gasteiger partial charge is 0.329 e. The van der Waals surface area contributed by atoms with Crippen LogP contribution in [-0.2, 0) is 9.59 Å². The number of hydrogen-bond acceptors (Lipinski definition) is 4. The Kier molecular flexibility index (Phi) is 4.95. The molecule has 1 aliphatic rings. The van der Waals surface area contributed by atoms with Crippen molar-refractivity contribution >= 4 is 29.1 Å². The van der Waals surface area contributed by atoms with Gasteiger partial charge in [-0.25, -0.2) is 4.79 Å². The molecule has 0 aliphatic heterocycles. The van der Waals surface area contributed by atoms with Gasteiger partial charge in [-0.2, -0.15) is 0 Å². The summed E-state index contributed by atoms with van der Waals surface area (Å²) in [6.07, 6.45) is 2.49. The van der Waals surface area contributed by atoms with Crippen molar-refractivity contribution in [2.45, 2.75) is 37.6 Å². The van der Waals surface area contributed by atoms with E-state index in [2.05, 4.69) is 10.6 Å². The second kappa shape index (κ2) is 6.71. The molecule has 1 fully saturated rings. The van der Waals surface area contributed by atoms with Gasteiger partial charge in [0.05, 0.1) is 4.88 Å². The highest BCUT2D eigenvalue weighted by atomic mass is 32.1. The number of carboxylic acids is 1. The first-order valence-corrected chi connectivity index (χ1v) is 7.78. The van der Waals surface area contributed by atoms with Crippen LogP contribution in [0.4, 0.5) is 0 Å². The molecule has 3 N–H and O–H groups in total. The lowest BCUT2D eigenvalue weighted by Crippen LogP contribution is -2.59. The van der Waals surface area contributed by atoms with Crippen molar-refractivity contribution < 1.29 is 19.5 Å². The van der Waals surface area contributed by atoms with Crippen LogP contribution < -0.4 is 10.6 Å². The van der Waals surface area contributed by atoms with Crippen molar-refractivity contribution in [2.75, 3.05) is 6.54 Å². The third-order valence-corrected chi connectivity index (χ3v) is 4.47. The van der Waals surface area contributed by atoms with E-state index in [0.29, 0.717) is 30.7 Å². The molecule has 0 unspecified atom stereocenters. The van der Waals surface area contributed by atoms with Gasteiger partial charge in [-0.3, -0.25) is 9.59 Å². The van der Waals surface area contributed by atoms with Crippen LogP contribution in [0.2, 0.25) is 0 Å². The van der Waals surface area contributed by atoms with Crippen molar-refractivity contribution in [2.24, 2.45) is 0 Å². The van der Waals surface area contributed by atoms with Gasteiger partial charge in [0.15, 0.2) is 0 Å². The first-order valence-electron chi connectivity index (χ1n) is 6.90. The van der Waals surface area contributed by atoms with Crippen LogP contribution in [0.15, 0.2) is 17.5 Å². The van der Waals surface area contributed by atoms with Crippen LogP contribution in [0.1, 0.15) is 41.8 Å². The molecule has 0 saturated heterocycles. The number of carboxylic acid groups (broad SMARTS) is 1. The molecule has 1 aromatic heterocycles. The van der Waals surface area contributed by atoms with Gasteiger partial charge in [0.2, 0.25) is 5.91 Å². The average molecular weight is 310 g/mol. The van der Waals surface area contributed by atoms with Gasteiger partial charge in [-0.1, -0.05) is 6.07 Å². The van der Waals surface area contributed by atoms with E-state index in [9.17, 15) is 14.4 Å². The highest BCUT2D eigenvalue weighted by Gasteiger charge is 2.45. The van der Waals surface area contributed by atoms with Crippen LogP contribution in [0.3, 0.4) is 0 Å². The number of carbonyl (C=O) groups is 3. The lowest BCUT2D eigenvalue weighted by Gasteiger charge is -2.38. The van der Waals surface area contributed by atoms with Crippen molar-refractivity contribution in [3.8, 4) is 0 Å². The molecule has 2 amide bonds. The van der Waals surface area contributed by atoms with E-state index >= 15 is 0 Å². The molecular formula is C14H18N2O4S. The molecule has 0 atom stereocenters. The van der Waals surface area contributed by atoms with Gasteiger partial charge in [-0.05, 0) is 37.1 Å². The summed E-state index contributed by atoms with van der Waals surface area (Å²) < 4.78 is 0. The topological polar surface area (TPSA) is 95.5 Å². The molecule has 1 aromatic rings. The van der Waals surface area contributed by atoms with Crippen molar-refractivity contribution in [1.82, 2.24) is 10.6 Å². The van der Waals surface area contributed by atoms with Crippen LogP contribution in [0, 0.1) is 0 Å². The van der Waals surface area contributed by atoms with Crippen molar-refractivity contribution in [3.63, 3.8) is 0 Å². The van der Waals surface area contributed by atoms with Crippen LogP contribution >= 0.6 is 11.3 Å². The van der Waals surface area contributed by atoms with E-state index in [4.69, 9.17) is 5.11 Å². The zero-order valence-corrected chi connectivity index (χ0v) is 12.4. The summed E-state index contributed by atoms with van der Waals surface area (Å²) in [5.74, 6) is -1.39. The highest BCUT2D eigenvalue weighted by molar-refractivity contribution is 7.12. The minimum absolute atomic E-state index is 0.147. The van der Waals surface area contributed by atoms with Gasteiger partial charge in [-0.15, -0.1) is 11.3 Å². The Bertz CT molecular complexity index is 523. The molecule has 6 nitrogen and oxygen atoms in total. The SMILES string of the molecule is O=C(CCCNC(=O)c1cccs1)NC1(C(=O)O)CCC1. The number of nitrogens with one attached hydrogen (secondary N) is 2. The number of thiophene rings is 1. The maximum absolute atomic E-state index is 11.7. The minimum atomic E-state index is -1.06. The van der Waals surface area contributed by atoms with E-state index < -0.39 is 11.5 Å². The molecule has 2 rings (SSSR count). The monoisotopic (exact) mass is 310 g/mol. The zero-order chi connectivity index (χ0) is 15.3. The molecule has 21 heavy (non-hydrogen) atoms. The fourth-order valence-corrected chi connectivity index (χ4v) is 2.84. The highest BCUT2D eigenvalue weighted by Crippen LogP contribution is 2.32. The summed E-state index contributed by atoms with van der Waals surface area (Å²) in [6, 6.07) is 3.54. The standard InChI is InChI=1S/C14H18N2O4S/c17-11(16-14(13(19)20)6-3-7-14)5-1-8-15-12(18)10-4-2-9-21-10/h2,4,9H,1,3,5-8H2,(H,15,18)(H,16,17)(H,19,20). The number of aliphatic carboxylic acids is 1. The molecule has 1 aliphatic carbocycles. The molecule has 7 heteroatoms. The maximum Gasteiger partial charge on any atom is 0.329 e. The summed E-state index contributed by atoms with van der Waals surface area (Å²) in [4.78, 5) is 35.1. The predicted octanol–water partition coefficient (Wildman–Crippen LogP) is 1.38. The van der Waals surface area contributed by atoms with Crippen LogP contribution in [0.25, 0.3) is 0 Å². The third kappa shape index (κ3) is 3.81. The second-order valence-electron chi connectivity index (χ2n) is 5.13. The third-order valence-electron chi connectivity index (χ3n) is 3.61. The van der Waals surface area contributed by atoms with Crippen molar-refractivity contribution in [1.29, 1.82) is 0 Å². The van der Waals surface area contributed by atoms with Gasteiger partial charge < -0.3 is 15.7 Å². The number of hydrogen-bond donors (Lipinski definition) is 3. The van der Waals surface area contributed by atoms with E-state index in [1.807, 2.05) is 5.38 Å². The quantitative estimate of drug-likeness (QED) is 0.663. The fraction of sp³-hybridized carbons (Fsp3) is 0.500.